The minimum atomic E-state index is 0.244. The monoisotopic (exact) mass is 164 g/mol. The summed E-state index contributed by atoms with van der Waals surface area (Å²) >= 11 is 0. The largest absolute Gasteiger partial charge is 0.499 e. The quantitative estimate of drug-likeness (QED) is 0.482. The van der Waals surface area contributed by atoms with Gasteiger partial charge in [-0.3, -0.25) is 0 Å². The van der Waals surface area contributed by atoms with Crippen molar-refractivity contribution in [2.45, 2.75) is 5.73 Å². The molecule has 58 valence electrons. The zero-order valence-corrected chi connectivity index (χ0v) is 8.66. The van der Waals surface area contributed by atoms with E-state index in [4.69, 9.17) is 4.74 Å². The van der Waals surface area contributed by atoms with Gasteiger partial charge in [0.05, 0.1) is 22.2 Å². The molecule has 11 heavy (non-hydrogen) atoms. The van der Waals surface area contributed by atoms with E-state index in [1.54, 1.807) is 0 Å². The molecule has 0 aliphatic rings. The lowest BCUT2D eigenvalue weighted by molar-refractivity contribution is 0.220. The Balaban J connectivity index is 2.68. The first-order valence-corrected chi connectivity index (χ1v) is 4.81. The molecule has 0 saturated heterocycles. The molecule has 1 aromatic rings. The lowest BCUT2D eigenvalue weighted by Gasteiger charge is -2.10. The highest BCUT2D eigenvalue weighted by Crippen LogP contribution is 2.12. The third-order valence-electron chi connectivity index (χ3n) is 1.57. The van der Waals surface area contributed by atoms with Crippen molar-refractivity contribution in [2.24, 2.45) is 0 Å². The topological polar surface area (TPSA) is 9.23 Å². The van der Waals surface area contributed by atoms with Crippen molar-refractivity contribution in [1.82, 2.24) is 0 Å². The summed E-state index contributed by atoms with van der Waals surface area (Å²) in [6, 6.07) is 10.2. The van der Waals surface area contributed by atoms with Crippen LogP contribution in [0.3, 0.4) is 0 Å². The van der Waals surface area contributed by atoms with Crippen molar-refractivity contribution in [3.63, 3.8) is 0 Å². The Hall–Kier alpha value is -1.02. The fraction of sp³-hybridized carbons (Fsp3) is 0.111. The molecule has 0 bridgehead atoms. The van der Waals surface area contributed by atoms with Gasteiger partial charge in [0.15, 0.2) is 0 Å². The van der Waals surface area contributed by atoms with Gasteiger partial charge >= 0.3 is 0 Å². The van der Waals surface area contributed by atoms with E-state index in [0.29, 0.717) is 0 Å². The Labute approximate surface area is 70.1 Å². The summed E-state index contributed by atoms with van der Waals surface area (Å²) in [5.74, 6) is 0. The summed E-state index contributed by atoms with van der Waals surface area (Å²) in [5, 5.41) is 0. The van der Waals surface area contributed by atoms with Crippen LogP contribution in [0, 0.1) is 0 Å². The summed E-state index contributed by atoms with van der Waals surface area (Å²) in [5.41, 5.74) is 1.48. The van der Waals surface area contributed by atoms with Crippen LogP contribution < -0.4 is 0 Å². The second-order valence-electron chi connectivity index (χ2n) is 2.36. The first kappa shape index (κ1) is 8.08. The molecule has 0 aromatic heterocycles. The Morgan fingerprint density at radius 3 is 2.55 bits per heavy atom. The molecule has 0 heterocycles. The van der Waals surface area contributed by atoms with E-state index >= 15 is 0 Å². The normalized spacial score (nSPS) is 12.4. The van der Waals surface area contributed by atoms with Crippen molar-refractivity contribution in [2.75, 3.05) is 0 Å². The van der Waals surface area contributed by atoms with Crippen LogP contribution in [0.2, 0.25) is 0 Å². The van der Waals surface area contributed by atoms with Crippen LogP contribution in [0.1, 0.15) is 11.3 Å². The predicted molar refractivity (Wildman–Crippen MR) is 50.4 cm³/mol. The molecule has 0 aliphatic carbocycles. The predicted octanol–water partition coefficient (Wildman–Crippen LogP) is 1.21. The van der Waals surface area contributed by atoms with Crippen molar-refractivity contribution >= 4 is 10.2 Å². The van der Waals surface area contributed by atoms with Gasteiger partial charge in [-0.15, -0.1) is 0 Å². The van der Waals surface area contributed by atoms with Gasteiger partial charge in [0, 0.05) is 0 Å². The van der Waals surface area contributed by atoms with Crippen LogP contribution in [0.5, 0.6) is 0 Å². The second kappa shape index (κ2) is 3.98. The fourth-order valence-electron chi connectivity index (χ4n) is 0.947. The SMILES string of the molecule is C=COC([SiH3])c1ccccc1. The Kier molecular flexibility index (Phi) is 2.92. The third-order valence-corrected chi connectivity index (χ3v) is 2.51. The van der Waals surface area contributed by atoms with E-state index in [-0.39, 0.29) is 5.73 Å². The zero-order valence-electron chi connectivity index (χ0n) is 6.66. The molecule has 1 unspecified atom stereocenters. The van der Waals surface area contributed by atoms with Crippen LogP contribution in [0.25, 0.3) is 0 Å². The molecule has 0 amide bonds. The summed E-state index contributed by atoms with van der Waals surface area (Å²) in [7, 11) is 0.993. The fourth-order valence-corrected chi connectivity index (χ4v) is 1.52. The molecule has 1 aromatic carbocycles. The summed E-state index contributed by atoms with van der Waals surface area (Å²) in [6.45, 7) is 3.53. The summed E-state index contributed by atoms with van der Waals surface area (Å²) in [4.78, 5) is 0. The molecule has 1 atom stereocenters. The number of rotatable bonds is 3. The standard InChI is InChI=1S/C9H12OSi/c1-2-10-9(11)8-6-4-3-5-7-8/h2-7,9H,1H2,11H3. The highest BCUT2D eigenvalue weighted by molar-refractivity contribution is 6.11. The van der Waals surface area contributed by atoms with Crippen molar-refractivity contribution in [3.05, 3.63) is 48.7 Å². The summed E-state index contributed by atoms with van der Waals surface area (Å²) < 4.78 is 5.25. The molecular formula is C9H12OSi. The van der Waals surface area contributed by atoms with Gasteiger partial charge < -0.3 is 4.74 Å². The molecule has 0 fully saturated rings. The lowest BCUT2D eigenvalue weighted by atomic mass is 10.2. The van der Waals surface area contributed by atoms with Gasteiger partial charge in [0.1, 0.15) is 0 Å². The maximum atomic E-state index is 5.25. The third kappa shape index (κ3) is 2.24. The van der Waals surface area contributed by atoms with Crippen molar-refractivity contribution < 1.29 is 4.74 Å². The van der Waals surface area contributed by atoms with E-state index in [0.717, 1.165) is 10.2 Å². The number of ether oxygens (including phenoxy) is 1. The lowest BCUT2D eigenvalue weighted by Crippen LogP contribution is -1.98. The molecular weight excluding hydrogens is 152 g/mol. The van der Waals surface area contributed by atoms with Gasteiger partial charge in [0.25, 0.3) is 0 Å². The molecule has 0 radical (unpaired) electrons. The van der Waals surface area contributed by atoms with E-state index in [2.05, 4.69) is 18.7 Å². The molecule has 0 N–H and O–H groups in total. The van der Waals surface area contributed by atoms with Gasteiger partial charge in [0.2, 0.25) is 0 Å². The Morgan fingerprint density at radius 2 is 2.00 bits per heavy atom. The van der Waals surface area contributed by atoms with E-state index in [1.807, 2.05) is 18.2 Å². The van der Waals surface area contributed by atoms with Crippen molar-refractivity contribution in [3.8, 4) is 0 Å². The number of hydrogen-bond donors (Lipinski definition) is 0. The molecule has 0 saturated carbocycles. The van der Waals surface area contributed by atoms with Crippen LogP contribution in [0.15, 0.2) is 43.2 Å². The van der Waals surface area contributed by atoms with Crippen LogP contribution in [0.4, 0.5) is 0 Å². The molecule has 1 rings (SSSR count). The first-order chi connectivity index (χ1) is 5.34. The molecule has 2 heteroatoms. The average molecular weight is 164 g/mol. The van der Waals surface area contributed by atoms with Crippen LogP contribution >= 0.6 is 0 Å². The van der Waals surface area contributed by atoms with Gasteiger partial charge in [-0.25, -0.2) is 0 Å². The Bertz CT molecular complexity index is 220. The van der Waals surface area contributed by atoms with Crippen LogP contribution in [-0.4, -0.2) is 10.2 Å². The zero-order chi connectivity index (χ0) is 8.10. The van der Waals surface area contributed by atoms with Crippen LogP contribution in [-0.2, 0) is 4.74 Å². The first-order valence-electron chi connectivity index (χ1n) is 3.66. The molecule has 0 spiro atoms. The molecule has 0 aliphatic heterocycles. The van der Waals surface area contributed by atoms with E-state index in [1.165, 1.54) is 11.8 Å². The van der Waals surface area contributed by atoms with Gasteiger partial charge in [-0.1, -0.05) is 36.9 Å². The second-order valence-corrected chi connectivity index (χ2v) is 3.40. The maximum absolute atomic E-state index is 5.25. The number of benzene rings is 1. The van der Waals surface area contributed by atoms with Gasteiger partial charge in [-0.2, -0.15) is 0 Å². The minimum Gasteiger partial charge on any atom is -0.499 e. The van der Waals surface area contributed by atoms with Gasteiger partial charge in [-0.05, 0) is 5.56 Å². The minimum absolute atomic E-state index is 0.244. The summed E-state index contributed by atoms with van der Waals surface area (Å²) in [6.07, 6.45) is 1.50. The number of hydrogen-bond acceptors (Lipinski definition) is 1. The average Bonchev–Trinajstić information content (AvgIpc) is 2.07. The Morgan fingerprint density at radius 1 is 1.36 bits per heavy atom. The molecule has 1 nitrogen and oxygen atoms in total. The van der Waals surface area contributed by atoms with Crippen molar-refractivity contribution in [1.29, 1.82) is 0 Å². The van der Waals surface area contributed by atoms with E-state index < -0.39 is 0 Å². The van der Waals surface area contributed by atoms with E-state index in [9.17, 15) is 0 Å². The highest BCUT2D eigenvalue weighted by Gasteiger charge is 2.00. The maximum Gasteiger partial charge on any atom is 0.0999 e. The smallest absolute Gasteiger partial charge is 0.0999 e. The highest BCUT2D eigenvalue weighted by atomic mass is 28.1.